The van der Waals surface area contributed by atoms with E-state index < -0.39 is 0 Å². The summed E-state index contributed by atoms with van der Waals surface area (Å²) in [4.78, 5) is 12.5. The smallest absolute Gasteiger partial charge is 0.263 e. The van der Waals surface area contributed by atoms with Crippen molar-refractivity contribution in [2.45, 2.75) is 57.3 Å². The summed E-state index contributed by atoms with van der Waals surface area (Å²) in [7, 11) is 1.87. The van der Waals surface area contributed by atoms with E-state index >= 15 is 0 Å². The summed E-state index contributed by atoms with van der Waals surface area (Å²) in [5, 5.41) is 8.20. The van der Waals surface area contributed by atoms with E-state index in [1.807, 2.05) is 25.2 Å². The van der Waals surface area contributed by atoms with E-state index in [-0.39, 0.29) is 12.5 Å². The first kappa shape index (κ1) is 18.4. The minimum atomic E-state index is -0.155. The van der Waals surface area contributed by atoms with Crippen LogP contribution >= 0.6 is 11.6 Å². The molecule has 1 heterocycles. The first-order chi connectivity index (χ1) is 13.1. The summed E-state index contributed by atoms with van der Waals surface area (Å²) < 4.78 is 7.68. The molecule has 5 nitrogen and oxygen atoms in total. The van der Waals surface area contributed by atoms with Gasteiger partial charge in [-0.3, -0.25) is 9.48 Å². The molecule has 0 bridgehead atoms. The number of fused-ring (bicyclic) bond motifs is 1. The van der Waals surface area contributed by atoms with Gasteiger partial charge in [0, 0.05) is 17.6 Å². The van der Waals surface area contributed by atoms with Gasteiger partial charge in [-0.1, -0.05) is 30.9 Å². The van der Waals surface area contributed by atoms with E-state index in [4.69, 9.17) is 16.3 Å². The highest BCUT2D eigenvalue weighted by atomic mass is 35.5. The zero-order valence-electron chi connectivity index (χ0n) is 15.8. The Kier molecular flexibility index (Phi) is 5.39. The van der Waals surface area contributed by atoms with Crippen LogP contribution in [0.4, 0.5) is 5.82 Å². The number of hydrogen-bond acceptors (Lipinski definition) is 3. The fraction of sp³-hybridized carbons (Fsp3) is 0.524. The minimum absolute atomic E-state index is 0.0126. The summed E-state index contributed by atoms with van der Waals surface area (Å²) in [6.07, 6.45) is 9.16. The van der Waals surface area contributed by atoms with Crippen LogP contribution in [-0.2, 0) is 24.7 Å². The Morgan fingerprint density at radius 2 is 2.07 bits per heavy atom. The topological polar surface area (TPSA) is 56.2 Å². The molecule has 1 saturated carbocycles. The zero-order chi connectivity index (χ0) is 18.8. The molecule has 0 saturated heterocycles. The SMILES string of the molecule is Cn1nc2c(c1NC(=O)COc1ccc(Cl)cc1C1CCCCC1)CCC2. The molecule has 27 heavy (non-hydrogen) atoms. The minimum Gasteiger partial charge on any atom is -0.483 e. The number of carbonyl (C=O) groups excluding carboxylic acids is 1. The number of rotatable bonds is 5. The maximum absolute atomic E-state index is 12.5. The first-order valence-corrected chi connectivity index (χ1v) is 10.3. The summed E-state index contributed by atoms with van der Waals surface area (Å²) in [6.45, 7) is -0.0126. The molecule has 2 aliphatic carbocycles. The highest BCUT2D eigenvalue weighted by Gasteiger charge is 2.23. The van der Waals surface area contributed by atoms with Crippen LogP contribution in [-0.4, -0.2) is 22.3 Å². The van der Waals surface area contributed by atoms with Crippen molar-refractivity contribution < 1.29 is 9.53 Å². The lowest BCUT2D eigenvalue weighted by Gasteiger charge is -2.24. The van der Waals surface area contributed by atoms with Gasteiger partial charge in [-0.05, 0) is 61.8 Å². The second-order valence-corrected chi connectivity index (χ2v) is 8.04. The van der Waals surface area contributed by atoms with Crippen LogP contribution in [0.25, 0.3) is 0 Å². The number of aryl methyl sites for hydroxylation is 2. The highest BCUT2D eigenvalue weighted by molar-refractivity contribution is 6.30. The second-order valence-electron chi connectivity index (χ2n) is 7.60. The molecule has 2 aliphatic rings. The molecule has 1 N–H and O–H groups in total. The Morgan fingerprint density at radius 3 is 2.89 bits per heavy atom. The van der Waals surface area contributed by atoms with Crippen molar-refractivity contribution >= 4 is 23.3 Å². The summed E-state index contributed by atoms with van der Waals surface area (Å²) >= 11 is 6.22. The number of ether oxygens (including phenoxy) is 1. The van der Waals surface area contributed by atoms with Crippen LogP contribution in [0, 0.1) is 0 Å². The molecule has 6 heteroatoms. The number of benzene rings is 1. The van der Waals surface area contributed by atoms with Crippen molar-refractivity contribution in [2.75, 3.05) is 11.9 Å². The van der Waals surface area contributed by atoms with Gasteiger partial charge in [0.15, 0.2) is 6.61 Å². The van der Waals surface area contributed by atoms with Crippen molar-refractivity contribution in [2.24, 2.45) is 7.05 Å². The van der Waals surface area contributed by atoms with Crippen molar-refractivity contribution in [3.63, 3.8) is 0 Å². The Labute approximate surface area is 165 Å². The van der Waals surface area contributed by atoms with Gasteiger partial charge in [0.1, 0.15) is 11.6 Å². The lowest BCUT2D eigenvalue weighted by molar-refractivity contribution is -0.118. The van der Waals surface area contributed by atoms with E-state index in [1.54, 1.807) is 4.68 Å². The van der Waals surface area contributed by atoms with Crippen molar-refractivity contribution in [1.82, 2.24) is 9.78 Å². The maximum Gasteiger partial charge on any atom is 0.263 e. The van der Waals surface area contributed by atoms with E-state index in [9.17, 15) is 4.79 Å². The molecule has 0 radical (unpaired) electrons. The fourth-order valence-electron chi connectivity index (χ4n) is 4.37. The molecular formula is C21H26ClN3O2. The molecule has 0 atom stereocenters. The Hall–Kier alpha value is -2.01. The van der Waals surface area contributed by atoms with E-state index in [0.717, 1.165) is 60.0 Å². The van der Waals surface area contributed by atoms with Crippen LogP contribution in [0.15, 0.2) is 18.2 Å². The van der Waals surface area contributed by atoms with E-state index in [0.29, 0.717) is 5.92 Å². The predicted octanol–water partition coefficient (Wildman–Crippen LogP) is 4.63. The van der Waals surface area contributed by atoms with Crippen molar-refractivity contribution in [1.29, 1.82) is 0 Å². The normalized spacial score (nSPS) is 17.0. The van der Waals surface area contributed by atoms with Gasteiger partial charge in [0.05, 0.1) is 5.69 Å². The molecule has 0 aliphatic heterocycles. The molecule has 144 valence electrons. The van der Waals surface area contributed by atoms with Gasteiger partial charge in [-0.2, -0.15) is 5.10 Å². The third-order valence-electron chi connectivity index (χ3n) is 5.70. The summed E-state index contributed by atoms with van der Waals surface area (Å²) in [5.41, 5.74) is 3.41. The third kappa shape index (κ3) is 3.98. The molecule has 1 fully saturated rings. The fourth-order valence-corrected chi connectivity index (χ4v) is 4.55. The monoisotopic (exact) mass is 387 g/mol. The Morgan fingerprint density at radius 1 is 1.26 bits per heavy atom. The van der Waals surface area contributed by atoms with Gasteiger partial charge in [-0.15, -0.1) is 0 Å². The van der Waals surface area contributed by atoms with E-state index in [2.05, 4.69) is 10.4 Å². The van der Waals surface area contributed by atoms with E-state index in [1.165, 1.54) is 24.8 Å². The zero-order valence-corrected chi connectivity index (χ0v) is 16.5. The van der Waals surface area contributed by atoms with Gasteiger partial charge >= 0.3 is 0 Å². The number of aromatic nitrogens is 2. The van der Waals surface area contributed by atoms with Gasteiger partial charge in [0.25, 0.3) is 5.91 Å². The molecule has 2 aromatic rings. The first-order valence-electron chi connectivity index (χ1n) is 9.88. The summed E-state index contributed by atoms with van der Waals surface area (Å²) in [5.74, 6) is 1.89. The Bertz CT molecular complexity index is 840. The highest BCUT2D eigenvalue weighted by Crippen LogP contribution is 2.38. The van der Waals surface area contributed by atoms with Crippen LogP contribution < -0.4 is 10.1 Å². The number of carbonyl (C=O) groups is 1. The van der Waals surface area contributed by atoms with Crippen LogP contribution in [0.3, 0.4) is 0 Å². The number of hydrogen-bond donors (Lipinski definition) is 1. The predicted molar refractivity (Wildman–Crippen MR) is 107 cm³/mol. The molecular weight excluding hydrogens is 362 g/mol. The van der Waals surface area contributed by atoms with Crippen molar-refractivity contribution in [3.05, 3.63) is 40.0 Å². The van der Waals surface area contributed by atoms with Gasteiger partial charge in [0.2, 0.25) is 0 Å². The average Bonchev–Trinajstić information content (AvgIpc) is 3.24. The molecule has 0 spiro atoms. The maximum atomic E-state index is 12.5. The molecule has 4 rings (SSSR count). The number of anilines is 1. The lowest BCUT2D eigenvalue weighted by Crippen LogP contribution is -2.23. The quantitative estimate of drug-likeness (QED) is 0.813. The number of nitrogens with one attached hydrogen (secondary N) is 1. The van der Waals surface area contributed by atoms with Crippen molar-refractivity contribution in [3.8, 4) is 5.75 Å². The number of halogens is 1. The third-order valence-corrected chi connectivity index (χ3v) is 5.94. The molecule has 1 aromatic heterocycles. The Balaban J connectivity index is 1.43. The largest absolute Gasteiger partial charge is 0.483 e. The van der Waals surface area contributed by atoms with Crippen LogP contribution in [0.2, 0.25) is 5.02 Å². The van der Waals surface area contributed by atoms with Crippen LogP contribution in [0.5, 0.6) is 5.75 Å². The molecule has 1 aromatic carbocycles. The molecule has 0 unspecified atom stereocenters. The molecule has 1 amide bonds. The van der Waals surface area contributed by atoms with Gasteiger partial charge < -0.3 is 10.1 Å². The standard InChI is InChI=1S/C21H26ClN3O2/c1-25-21(16-8-5-9-18(16)24-25)23-20(26)13-27-19-11-10-15(22)12-17(19)14-6-3-2-4-7-14/h10-12,14H,2-9,13H2,1H3,(H,23,26). The second kappa shape index (κ2) is 7.93. The van der Waals surface area contributed by atoms with Gasteiger partial charge in [-0.25, -0.2) is 0 Å². The lowest BCUT2D eigenvalue weighted by atomic mass is 9.84. The number of nitrogens with zero attached hydrogens (tertiary/aromatic N) is 2. The number of amides is 1. The van der Waals surface area contributed by atoms with Crippen LogP contribution in [0.1, 0.15) is 61.3 Å². The summed E-state index contributed by atoms with van der Waals surface area (Å²) in [6, 6.07) is 5.72. The average molecular weight is 388 g/mol.